The molecule has 2 N–H and O–H groups in total. The van der Waals surface area contributed by atoms with E-state index < -0.39 is 15.8 Å². The van der Waals surface area contributed by atoms with Crippen molar-refractivity contribution in [3.05, 3.63) is 30.1 Å². The molecule has 0 bridgehead atoms. The van der Waals surface area contributed by atoms with Gasteiger partial charge < -0.3 is 5.11 Å². The highest BCUT2D eigenvalue weighted by atomic mass is 32.2. The van der Waals surface area contributed by atoms with Gasteiger partial charge in [0.25, 0.3) is 0 Å². The number of sulfonamides is 1. The number of aliphatic hydroxyl groups is 1. The number of hydrogen-bond donors (Lipinski definition) is 2. The van der Waals surface area contributed by atoms with Gasteiger partial charge in [0.15, 0.2) is 0 Å². The molecule has 4 nitrogen and oxygen atoms in total. The summed E-state index contributed by atoms with van der Waals surface area (Å²) in [6.45, 7) is 1.72. The highest BCUT2D eigenvalue weighted by Crippen LogP contribution is 2.10. The van der Waals surface area contributed by atoms with E-state index in [1.165, 1.54) is 18.2 Å². The summed E-state index contributed by atoms with van der Waals surface area (Å²) in [4.78, 5) is -0.113. The average Bonchev–Trinajstić information content (AvgIpc) is 2.26. The van der Waals surface area contributed by atoms with Gasteiger partial charge in [-0.3, -0.25) is 0 Å². The molecular formula is C10H14FNO3S. The summed E-state index contributed by atoms with van der Waals surface area (Å²) in [5.41, 5.74) is 0. The van der Waals surface area contributed by atoms with Crippen molar-refractivity contribution in [1.82, 2.24) is 4.72 Å². The molecule has 0 saturated carbocycles. The normalized spacial score (nSPS) is 13.7. The van der Waals surface area contributed by atoms with Crippen LogP contribution >= 0.6 is 0 Å². The van der Waals surface area contributed by atoms with Crippen molar-refractivity contribution in [3.8, 4) is 0 Å². The maximum atomic E-state index is 12.8. The third kappa shape index (κ3) is 3.55. The van der Waals surface area contributed by atoms with E-state index in [2.05, 4.69) is 4.72 Å². The largest absolute Gasteiger partial charge is 0.396 e. The summed E-state index contributed by atoms with van der Waals surface area (Å²) in [6, 6.07) is 4.77. The SMILES string of the molecule is CC(CO)CNS(=O)(=O)c1cccc(F)c1. The summed E-state index contributed by atoms with van der Waals surface area (Å²) >= 11 is 0. The van der Waals surface area contributed by atoms with Gasteiger partial charge in [-0.05, 0) is 24.1 Å². The lowest BCUT2D eigenvalue weighted by Gasteiger charge is -2.10. The molecule has 0 saturated heterocycles. The van der Waals surface area contributed by atoms with Gasteiger partial charge in [-0.25, -0.2) is 17.5 Å². The van der Waals surface area contributed by atoms with Crippen LogP contribution in [-0.2, 0) is 10.0 Å². The van der Waals surface area contributed by atoms with E-state index in [1.807, 2.05) is 0 Å². The molecule has 0 amide bonds. The molecule has 1 aromatic rings. The minimum atomic E-state index is -3.69. The smallest absolute Gasteiger partial charge is 0.240 e. The van der Waals surface area contributed by atoms with Gasteiger partial charge >= 0.3 is 0 Å². The van der Waals surface area contributed by atoms with Crippen molar-refractivity contribution in [1.29, 1.82) is 0 Å². The zero-order valence-electron chi connectivity index (χ0n) is 8.85. The fourth-order valence-electron chi connectivity index (χ4n) is 1.03. The van der Waals surface area contributed by atoms with Crippen LogP contribution in [0, 0.1) is 11.7 Å². The van der Waals surface area contributed by atoms with E-state index in [1.54, 1.807) is 6.92 Å². The molecule has 0 heterocycles. The quantitative estimate of drug-likeness (QED) is 0.806. The van der Waals surface area contributed by atoms with Crippen LogP contribution in [0.4, 0.5) is 4.39 Å². The maximum absolute atomic E-state index is 12.8. The lowest BCUT2D eigenvalue weighted by Crippen LogP contribution is -2.29. The van der Waals surface area contributed by atoms with Gasteiger partial charge in [0.2, 0.25) is 10.0 Å². The fraction of sp³-hybridized carbons (Fsp3) is 0.400. The monoisotopic (exact) mass is 247 g/mol. The Labute approximate surface area is 94.2 Å². The van der Waals surface area contributed by atoms with Crippen LogP contribution in [0.1, 0.15) is 6.92 Å². The molecular weight excluding hydrogens is 233 g/mol. The first kappa shape index (κ1) is 13.1. The minimum Gasteiger partial charge on any atom is -0.396 e. The van der Waals surface area contributed by atoms with E-state index in [9.17, 15) is 12.8 Å². The Morgan fingerprint density at radius 1 is 1.50 bits per heavy atom. The lowest BCUT2D eigenvalue weighted by molar-refractivity contribution is 0.238. The highest BCUT2D eigenvalue weighted by molar-refractivity contribution is 7.89. The third-order valence-corrected chi connectivity index (χ3v) is 3.46. The van der Waals surface area contributed by atoms with Crippen molar-refractivity contribution in [2.75, 3.05) is 13.2 Å². The van der Waals surface area contributed by atoms with Crippen LogP contribution in [0.3, 0.4) is 0 Å². The van der Waals surface area contributed by atoms with E-state index in [4.69, 9.17) is 5.11 Å². The topological polar surface area (TPSA) is 66.4 Å². The second-order valence-corrected chi connectivity index (χ2v) is 5.36. The maximum Gasteiger partial charge on any atom is 0.240 e. The Balaban J connectivity index is 2.78. The number of aliphatic hydroxyl groups excluding tert-OH is 1. The Morgan fingerprint density at radius 3 is 2.75 bits per heavy atom. The zero-order chi connectivity index (χ0) is 12.2. The summed E-state index contributed by atoms with van der Waals surface area (Å²) in [5.74, 6) is -0.776. The minimum absolute atomic E-state index is 0.105. The molecule has 1 rings (SSSR count). The Kier molecular flexibility index (Phi) is 4.40. The molecule has 0 aliphatic rings. The van der Waals surface area contributed by atoms with Crippen LogP contribution < -0.4 is 4.72 Å². The molecule has 1 aromatic carbocycles. The molecule has 6 heteroatoms. The van der Waals surface area contributed by atoms with Crippen LogP contribution in [0.25, 0.3) is 0 Å². The van der Waals surface area contributed by atoms with Gasteiger partial charge in [-0.1, -0.05) is 13.0 Å². The average molecular weight is 247 g/mol. The zero-order valence-corrected chi connectivity index (χ0v) is 9.67. The van der Waals surface area contributed by atoms with Crippen molar-refractivity contribution >= 4 is 10.0 Å². The highest BCUT2D eigenvalue weighted by Gasteiger charge is 2.15. The van der Waals surface area contributed by atoms with Crippen LogP contribution in [-0.4, -0.2) is 26.7 Å². The first-order chi connectivity index (χ1) is 7.45. The summed E-state index contributed by atoms with van der Waals surface area (Å²) in [7, 11) is -3.69. The molecule has 0 aliphatic carbocycles. The van der Waals surface area contributed by atoms with Gasteiger partial charge in [0.05, 0.1) is 4.90 Å². The second kappa shape index (κ2) is 5.38. The molecule has 1 unspecified atom stereocenters. The van der Waals surface area contributed by atoms with Gasteiger partial charge in [0.1, 0.15) is 5.82 Å². The summed E-state index contributed by atoms with van der Waals surface area (Å²) in [5, 5.41) is 8.75. The Morgan fingerprint density at radius 2 is 2.19 bits per heavy atom. The molecule has 90 valence electrons. The van der Waals surface area contributed by atoms with Crippen molar-refractivity contribution < 1.29 is 17.9 Å². The van der Waals surface area contributed by atoms with Crippen molar-refractivity contribution in [2.24, 2.45) is 5.92 Å². The summed E-state index contributed by atoms with van der Waals surface area (Å²) in [6.07, 6.45) is 0. The van der Waals surface area contributed by atoms with Crippen molar-refractivity contribution in [3.63, 3.8) is 0 Å². The standard InChI is InChI=1S/C10H14FNO3S/c1-8(7-13)6-12-16(14,15)10-4-2-3-9(11)5-10/h2-5,8,12-13H,6-7H2,1H3. The number of hydrogen-bond acceptors (Lipinski definition) is 3. The van der Waals surface area contributed by atoms with Crippen molar-refractivity contribution in [2.45, 2.75) is 11.8 Å². The molecule has 0 fully saturated rings. The van der Waals surface area contributed by atoms with E-state index in [0.29, 0.717) is 0 Å². The van der Waals surface area contributed by atoms with Crippen LogP contribution in [0.2, 0.25) is 0 Å². The fourth-order valence-corrected chi connectivity index (χ4v) is 2.23. The van der Waals surface area contributed by atoms with E-state index >= 15 is 0 Å². The molecule has 0 aliphatic heterocycles. The molecule has 16 heavy (non-hydrogen) atoms. The third-order valence-electron chi connectivity index (χ3n) is 2.04. The Bertz CT molecular complexity index is 447. The first-order valence-electron chi connectivity index (χ1n) is 4.82. The predicted octanol–water partition coefficient (Wildman–Crippen LogP) is 0.732. The van der Waals surface area contributed by atoms with E-state index in [-0.39, 0.29) is 24.0 Å². The predicted molar refractivity (Wildman–Crippen MR) is 57.8 cm³/mol. The van der Waals surface area contributed by atoms with Gasteiger partial charge in [-0.15, -0.1) is 0 Å². The number of benzene rings is 1. The van der Waals surface area contributed by atoms with E-state index in [0.717, 1.165) is 6.07 Å². The van der Waals surface area contributed by atoms with Gasteiger partial charge in [-0.2, -0.15) is 0 Å². The second-order valence-electron chi connectivity index (χ2n) is 3.60. The Hall–Kier alpha value is -0.980. The summed E-state index contributed by atoms with van der Waals surface area (Å²) < 4.78 is 38.4. The number of nitrogens with one attached hydrogen (secondary N) is 1. The molecule has 0 aromatic heterocycles. The van der Waals surface area contributed by atoms with Gasteiger partial charge in [0, 0.05) is 13.2 Å². The van der Waals surface area contributed by atoms with Crippen LogP contribution in [0.15, 0.2) is 29.2 Å². The molecule has 0 radical (unpaired) electrons. The molecule has 0 spiro atoms. The number of rotatable bonds is 5. The lowest BCUT2D eigenvalue weighted by atomic mass is 10.2. The number of halogens is 1. The first-order valence-corrected chi connectivity index (χ1v) is 6.30. The molecule has 1 atom stereocenters. The van der Waals surface area contributed by atoms with Crippen LogP contribution in [0.5, 0.6) is 0 Å².